The molecular weight excluding hydrogens is 235 g/mol. The average Bonchev–Trinajstić information content (AvgIpc) is 2.24. The van der Waals surface area contributed by atoms with E-state index in [0.717, 1.165) is 0 Å². The fraction of sp³-hybridized carbons (Fsp3) is 0.0909. The summed E-state index contributed by atoms with van der Waals surface area (Å²) in [5, 5.41) is 10.3. The van der Waals surface area contributed by atoms with Crippen molar-refractivity contribution in [3.05, 3.63) is 57.8 Å². The zero-order valence-electron chi connectivity index (χ0n) is 8.36. The van der Waals surface area contributed by atoms with Gasteiger partial charge in [0.05, 0.1) is 4.92 Å². The van der Waals surface area contributed by atoms with Crippen LogP contribution in [0.3, 0.4) is 0 Å². The Morgan fingerprint density at radius 2 is 1.88 bits per heavy atom. The molecule has 0 unspecified atom stereocenters. The molecule has 3 nitrogen and oxygen atoms in total. The summed E-state index contributed by atoms with van der Waals surface area (Å²) in [6.45, 7) is 0. The maximum atomic E-state index is 11.9. The Balaban J connectivity index is 3.02. The van der Waals surface area contributed by atoms with Crippen LogP contribution in [0.1, 0.15) is 5.56 Å². The van der Waals surface area contributed by atoms with Crippen LogP contribution in [0, 0.1) is 22.0 Å². The quantitative estimate of drug-likeness (QED) is 0.431. The first kappa shape index (κ1) is 12.8. The van der Waals surface area contributed by atoms with Crippen molar-refractivity contribution in [2.45, 2.75) is 6.18 Å². The maximum absolute atomic E-state index is 11.9. The summed E-state index contributed by atoms with van der Waals surface area (Å²) in [7, 11) is 0. The number of alkyl halides is 3. The van der Waals surface area contributed by atoms with E-state index in [4.69, 9.17) is 0 Å². The number of nitrogens with zero attached hydrogens (tertiary/aromatic N) is 1. The molecule has 0 bridgehead atoms. The molecule has 88 valence electrons. The number of hydrogen-bond donors (Lipinski definition) is 0. The van der Waals surface area contributed by atoms with Gasteiger partial charge < -0.3 is 0 Å². The van der Waals surface area contributed by atoms with E-state index >= 15 is 0 Å². The van der Waals surface area contributed by atoms with Crippen LogP contribution in [0.2, 0.25) is 0 Å². The third-order valence-corrected chi connectivity index (χ3v) is 1.61. The lowest BCUT2D eigenvalue weighted by atomic mass is 10.2. The molecule has 0 spiro atoms. The smallest absolute Gasteiger partial charge is 0.258 e. The van der Waals surface area contributed by atoms with Crippen LogP contribution >= 0.6 is 0 Å². The van der Waals surface area contributed by atoms with E-state index in [1.165, 1.54) is 12.1 Å². The first-order chi connectivity index (χ1) is 7.88. The van der Waals surface area contributed by atoms with Crippen LogP contribution in [0.15, 0.2) is 42.1 Å². The van der Waals surface area contributed by atoms with Crippen LogP contribution in [-0.4, -0.2) is 11.1 Å². The second-order valence-electron chi connectivity index (χ2n) is 2.94. The molecule has 0 amide bonds. The van der Waals surface area contributed by atoms with Crippen LogP contribution in [0.5, 0.6) is 0 Å². The number of allylic oxidation sites excluding steroid dienone is 2. The molecule has 0 aliphatic heterocycles. The number of rotatable bonds is 1. The van der Waals surface area contributed by atoms with Crippen LogP contribution in [0.25, 0.3) is 0 Å². The predicted molar refractivity (Wildman–Crippen MR) is 54.5 cm³/mol. The maximum Gasteiger partial charge on any atom is 0.416 e. The Bertz CT molecular complexity index is 495. The van der Waals surface area contributed by atoms with Gasteiger partial charge in [-0.15, -0.1) is 0 Å². The number of halogens is 3. The fourth-order valence-corrected chi connectivity index (χ4v) is 0.947. The molecule has 1 rings (SSSR count). The average molecular weight is 241 g/mol. The molecule has 17 heavy (non-hydrogen) atoms. The van der Waals surface area contributed by atoms with Crippen molar-refractivity contribution >= 4 is 0 Å². The van der Waals surface area contributed by atoms with E-state index in [9.17, 15) is 23.3 Å². The lowest BCUT2D eigenvalue weighted by Crippen LogP contribution is -2.07. The topological polar surface area (TPSA) is 43.1 Å². The largest absolute Gasteiger partial charge is 0.416 e. The van der Waals surface area contributed by atoms with Gasteiger partial charge in [0.25, 0.3) is 0 Å². The first-order valence-electron chi connectivity index (χ1n) is 4.39. The molecule has 6 heteroatoms. The summed E-state index contributed by atoms with van der Waals surface area (Å²) in [6, 6.07) is 8.04. The molecule has 0 aliphatic rings. The van der Waals surface area contributed by atoms with Crippen molar-refractivity contribution in [2.75, 3.05) is 0 Å². The van der Waals surface area contributed by atoms with Gasteiger partial charge >= 0.3 is 11.9 Å². The highest BCUT2D eigenvalue weighted by Gasteiger charge is 2.28. The van der Waals surface area contributed by atoms with Crippen molar-refractivity contribution < 1.29 is 18.1 Å². The van der Waals surface area contributed by atoms with Crippen LogP contribution < -0.4 is 0 Å². The normalized spacial score (nSPS) is 11.6. The molecule has 0 aliphatic carbocycles. The molecule has 0 saturated heterocycles. The summed E-state index contributed by atoms with van der Waals surface area (Å²) < 4.78 is 35.8. The Labute approximate surface area is 94.7 Å². The summed E-state index contributed by atoms with van der Waals surface area (Å²) in [5.74, 6) is 4.17. The minimum absolute atomic E-state index is 0.405. The van der Waals surface area contributed by atoms with Gasteiger partial charge in [0.15, 0.2) is 0 Å². The summed E-state index contributed by atoms with van der Waals surface area (Å²) in [4.78, 5) is 9.17. The Morgan fingerprint density at radius 3 is 2.35 bits per heavy atom. The third kappa shape index (κ3) is 4.84. The summed E-state index contributed by atoms with van der Waals surface area (Å²) in [6.07, 6.45) is -5.18. The van der Waals surface area contributed by atoms with E-state index in [-0.39, 0.29) is 0 Å². The Hall–Kier alpha value is -2.29. The van der Waals surface area contributed by atoms with Gasteiger partial charge in [-0.25, -0.2) is 0 Å². The SMILES string of the molecule is O=[N+]([O-])/C(C#Cc1ccccc1)=C\C(F)(F)F. The van der Waals surface area contributed by atoms with Crippen molar-refractivity contribution in [1.82, 2.24) is 0 Å². The molecule has 0 saturated carbocycles. The zero-order chi connectivity index (χ0) is 12.9. The Kier molecular flexibility index (Phi) is 3.88. The lowest BCUT2D eigenvalue weighted by Gasteiger charge is -1.96. The zero-order valence-corrected chi connectivity index (χ0v) is 8.36. The van der Waals surface area contributed by atoms with E-state index in [1.54, 1.807) is 18.2 Å². The standard InChI is InChI=1S/C11H6F3NO2/c12-11(13,14)8-10(15(16)17)7-6-9-4-2-1-3-5-9/h1-5,8H/b10-8-. The molecule has 1 aromatic rings. The minimum Gasteiger partial charge on any atom is -0.258 e. The molecular formula is C11H6F3NO2. The van der Waals surface area contributed by atoms with Crippen LogP contribution in [-0.2, 0) is 0 Å². The van der Waals surface area contributed by atoms with E-state index in [2.05, 4.69) is 5.92 Å². The number of nitro groups is 1. The molecule has 0 N–H and O–H groups in total. The van der Waals surface area contributed by atoms with Crippen LogP contribution in [0.4, 0.5) is 13.2 Å². The minimum atomic E-state index is -4.76. The summed E-state index contributed by atoms with van der Waals surface area (Å²) >= 11 is 0. The number of hydrogen-bond acceptors (Lipinski definition) is 2. The third-order valence-electron chi connectivity index (χ3n) is 1.61. The van der Waals surface area contributed by atoms with Crippen molar-refractivity contribution in [1.29, 1.82) is 0 Å². The van der Waals surface area contributed by atoms with Gasteiger partial charge in [-0.3, -0.25) is 10.1 Å². The van der Waals surface area contributed by atoms with E-state index < -0.39 is 22.9 Å². The highest BCUT2D eigenvalue weighted by Crippen LogP contribution is 2.18. The van der Waals surface area contributed by atoms with Gasteiger partial charge in [0.2, 0.25) is 0 Å². The summed E-state index contributed by atoms with van der Waals surface area (Å²) in [5.41, 5.74) is -0.774. The van der Waals surface area contributed by atoms with Gasteiger partial charge in [-0.05, 0) is 12.1 Å². The monoisotopic (exact) mass is 241 g/mol. The van der Waals surface area contributed by atoms with Gasteiger partial charge in [-0.2, -0.15) is 13.2 Å². The van der Waals surface area contributed by atoms with E-state index in [1.807, 2.05) is 5.92 Å². The highest BCUT2D eigenvalue weighted by molar-refractivity contribution is 5.38. The fourth-order valence-electron chi connectivity index (χ4n) is 0.947. The van der Waals surface area contributed by atoms with Gasteiger partial charge in [0.1, 0.15) is 6.08 Å². The first-order valence-corrected chi connectivity index (χ1v) is 4.39. The highest BCUT2D eigenvalue weighted by atomic mass is 19.4. The molecule has 0 heterocycles. The molecule has 0 radical (unpaired) electrons. The Morgan fingerprint density at radius 1 is 1.29 bits per heavy atom. The molecule has 0 fully saturated rings. The number of benzene rings is 1. The van der Waals surface area contributed by atoms with Gasteiger partial charge in [-0.1, -0.05) is 24.1 Å². The van der Waals surface area contributed by atoms with Crippen molar-refractivity contribution in [2.24, 2.45) is 0 Å². The van der Waals surface area contributed by atoms with Crippen molar-refractivity contribution in [3.8, 4) is 11.8 Å². The molecule has 1 aromatic carbocycles. The second kappa shape index (κ2) is 5.16. The molecule has 0 atom stereocenters. The van der Waals surface area contributed by atoms with E-state index in [0.29, 0.717) is 5.56 Å². The lowest BCUT2D eigenvalue weighted by molar-refractivity contribution is -0.418. The predicted octanol–water partition coefficient (Wildman–Crippen LogP) is 2.76. The second-order valence-corrected chi connectivity index (χ2v) is 2.94. The van der Waals surface area contributed by atoms with Crippen molar-refractivity contribution in [3.63, 3.8) is 0 Å². The van der Waals surface area contributed by atoms with Gasteiger partial charge in [0, 0.05) is 11.5 Å². The molecule has 0 aromatic heterocycles.